The topological polar surface area (TPSA) is 35.2 Å². The van der Waals surface area contributed by atoms with Crippen LogP contribution in [0, 0.1) is 13.8 Å². The standard InChI is InChI=1S/C14H23NO/c1-4-5-6-7-8-16-14-11(2)9-13(15)10-12(14)3/h9-10H,4-8,15H2,1-3H3. The number of nitrogen functional groups attached to an aromatic ring is 1. The number of hydrogen-bond acceptors (Lipinski definition) is 2. The Hall–Kier alpha value is -1.18. The summed E-state index contributed by atoms with van der Waals surface area (Å²) in [5.41, 5.74) is 8.85. The van der Waals surface area contributed by atoms with E-state index in [-0.39, 0.29) is 0 Å². The molecule has 2 N–H and O–H groups in total. The number of hydrogen-bond donors (Lipinski definition) is 1. The van der Waals surface area contributed by atoms with E-state index in [9.17, 15) is 0 Å². The van der Waals surface area contributed by atoms with E-state index in [1.54, 1.807) is 0 Å². The number of rotatable bonds is 6. The summed E-state index contributed by atoms with van der Waals surface area (Å²) >= 11 is 0. The molecule has 1 aromatic carbocycles. The van der Waals surface area contributed by atoms with Gasteiger partial charge < -0.3 is 10.5 Å². The fraction of sp³-hybridized carbons (Fsp3) is 0.571. The highest BCUT2D eigenvalue weighted by Gasteiger charge is 2.04. The Bertz CT molecular complexity index is 311. The zero-order valence-corrected chi connectivity index (χ0v) is 10.7. The molecule has 0 heterocycles. The fourth-order valence-corrected chi connectivity index (χ4v) is 1.91. The first-order chi connectivity index (χ1) is 7.65. The van der Waals surface area contributed by atoms with E-state index in [1.165, 1.54) is 19.3 Å². The van der Waals surface area contributed by atoms with Gasteiger partial charge in [-0.25, -0.2) is 0 Å². The first kappa shape index (κ1) is 12.9. The van der Waals surface area contributed by atoms with Crippen LogP contribution >= 0.6 is 0 Å². The SMILES string of the molecule is CCCCCCOc1c(C)cc(N)cc1C. The molecule has 0 aromatic heterocycles. The maximum atomic E-state index is 5.81. The van der Waals surface area contributed by atoms with Crippen LogP contribution in [0.2, 0.25) is 0 Å². The Balaban J connectivity index is 2.47. The van der Waals surface area contributed by atoms with Crippen molar-refractivity contribution in [1.82, 2.24) is 0 Å². The van der Waals surface area contributed by atoms with E-state index in [1.807, 2.05) is 26.0 Å². The van der Waals surface area contributed by atoms with Crippen molar-refractivity contribution in [2.75, 3.05) is 12.3 Å². The molecule has 1 aromatic rings. The lowest BCUT2D eigenvalue weighted by Gasteiger charge is -2.12. The first-order valence-corrected chi connectivity index (χ1v) is 6.14. The lowest BCUT2D eigenvalue weighted by atomic mass is 10.1. The van der Waals surface area contributed by atoms with Crippen LogP contribution in [-0.4, -0.2) is 6.61 Å². The second-order valence-corrected chi connectivity index (χ2v) is 4.39. The van der Waals surface area contributed by atoms with Crippen LogP contribution in [0.15, 0.2) is 12.1 Å². The molecule has 0 saturated heterocycles. The van der Waals surface area contributed by atoms with Crippen LogP contribution in [0.5, 0.6) is 5.75 Å². The van der Waals surface area contributed by atoms with Gasteiger partial charge in [0.25, 0.3) is 0 Å². The van der Waals surface area contributed by atoms with E-state index in [0.29, 0.717) is 0 Å². The zero-order valence-electron chi connectivity index (χ0n) is 10.7. The summed E-state index contributed by atoms with van der Waals surface area (Å²) in [7, 11) is 0. The largest absolute Gasteiger partial charge is 0.493 e. The number of nitrogens with two attached hydrogens (primary N) is 1. The summed E-state index contributed by atoms with van der Waals surface area (Å²) in [6, 6.07) is 3.93. The van der Waals surface area contributed by atoms with E-state index >= 15 is 0 Å². The minimum Gasteiger partial charge on any atom is -0.493 e. The highest BCUT2D eigenvalue weighted by Crippen LogP contribution is 2.25. The normalized spacial score (nSPS) is 10.4. The van der Waals surface area contributed by atoms with E-state index in [0.717, 1.165) is 35.6 Å². The maximum Gasteiger partial charge on any atom is 0.125 e. The van der Waals surface area contributed by atoms with Crippen molar-refractivity contribution in [3.63, 3.8) is 0 Å². The van der Waals surface area contributed by atoms with Crippen molar-refractivity contribution >= 4 is 5.69 Å². The molecule has 0 fully saturated rings. The Morgan fingerprint density at radius 1 is 1.06 bits per heavy atom. The number of anilines is 1. The molecule has 0 amide bonds. The van der Waals surface area contributed by atoms with E-state index in [4.69, 9.17) is 10.5 Å². The quantitative estimate of drug-likeness (QED) is 0.585. The Kier molecular flexibility index (Phi) is 5.17. The van der Waals surface area contributed by atoms with Crippen molar-refractivity contribution in [1.29, 1.82) is 0 Å². The van der Waals surface area contributed by atoms with E-state index < -0.39 is 0 Å². The molecular formula is C14H23NO. The highest BCUT2D eigenvalue weighted by molar-refractivity contribution is 5.52. The number of ether oxygens (including phenoxy) is 1. The van der Waals surface area contributed by atoms with Crippen LogP contribution in [0.25, 0.3) is 0 Å². The molecule has 0 radical (unpaired) electrons. The molecule has 0 spiro atoms. The Labute approximate surface area is 98.8 Å². The number of aryl methyl sites for hydroxylation is 2. The molecule has 0 aliphatic carbocycles. The second-order valence-electron chi connectivity index (χ2n) is 4.39. The lowest BCUT2D eigenvalue weighted by molar-refractivity contribution is 0.301. The second kappa shape index (κ2) is 6.41. The molecule has 90 valence electrons. The monoisotopic (exact) mass is 221 g/mol. The average Bonchev–Trinajstić information content (AvgIpc) is 2.20. The van der Waals surface area contributed by atoms with Crippen molar-refractivity contribution in [2.45, 2.75) is 46.5 Å². The summed E-state index contributed by atoms with van der Waals surface area (Å²) in [6.45, 7) is 7.12. The van der Waals surface area contributed by atoms with Crippen molar-refractivity contribution in [2.24, 2.45) is 0 Å². The summed E-state index contributed by atoms with van der Waals surface area (Å²) < 4.78 is 5.81. The fourth-order valence-electron chi connectivity index (χ4n) is 1.91. The Morgan fingerprint density at radius 2 is 1.69 bits per heavy atom. The van der Waals surface area contributed by atoms with Crippen LogP contribution in [-0.2, 0) is 0 Å². The summed E-state index contributed by atoms with van der Waals surface area (Å²) in [4.78, 5) is 0. The van der Waals surface area contributed by atoms with Gasteiger partial charge in [0, 0.05) is 5.69 Å². The predicted octanol–water partition coefficient (Wildman–Crippen LogP) is 3.84. The first-order valence-electron chi connectivity index (χ1n) is 6.14. The predicted molar refractivity (Wildman–Crippen MR) is 70.0 cm³/mol. The van der Waals surface area contributed by atoms with Gasteiger partial charge in [0.15, 0.2) is 0 Å². The maximum absolute atomic E-state index is 5.81. The summed E-state index contributed by atoms with van der Waals surface area (Å²) in [5.74, 6) is 1.01. The number of unbranched alkanes of at least 4 members (excludes halogenated alkanes) is 3. The van der Waals surface area contributed by atoms with Gasteiger partial charge in [0.1, 0.15) is 5.75 Å². The van der Waals surface area contributed by atoms with Crippen molar-refractivity contribution in [3.8, 4) is 5.75 Å². The smallest absolute Gasteiger partial charge is 0.125 e. The van der Waals surface area contributed by atoms with Gasteiger partial charge in [-0.2, -0.15) is 0 Å². The molecule has 2 heteroatoms. The molecular weight excluding hydrogens is 198 g/mol. The molecule has 0 unspecified atom stereocenters. The zero-order chi connectivity index (χ0) is 12.0. The lowest BCUT2D eigenvalue weighted by Crippen LogP contribution is -2.01. The van der Waals surface area contributed by atoms with Gasteiger partial charge in [-0.3, -0.25) is 0 Å². The third kappa shape index (κ3) is 3.76. The van der Waals surface area contributed by atoms with Crippen molar-refractivity contribution < 1.29 is 4.74 Å². The number of benzene rings is 1. The average molecular weight is 221 g/mol. The summed E-state index contributed by atoms with van der Waals surface area (Å²) in [6.07, 6.45) is 4.95. The van der Waals surface area contributed by atoms with Crippen LogP contribution in [0.1, 0.15) is 43.7 Å². The molecule has 2 nitrogen and oxygen atoms in total. The molecule has 0 saturated carbocycles. The highest BCUT2D eigenvalue weighted by atomic mass is 16.5. The molecule has 0 atom stereocenters. The summed E-state index contributed by atoms with van der Waals surface area (Å²) in [5, 5.41) is 0. The minimum absolute atomic E-state index is 0.811. The van der Waals surface area contributed by atoms with Gasteiger partial charge >= 0.3 is 0 Å². The third-order valence-corrected chi connectivity index (χ3v) is 2.73. The van der Waals surface area contributed by atoms with Gasteiger partial charge in [0.2, 0.25) is 0 Å². The van der Waals surface area contributed by atoms with Crippen LogP contribution < -0.4 is 10.5 Å². The molecule has 1 rings (SSSR count). The van der Waals surface area contributed by atoms with Gasteiger partial charge in [-0.1, -0.05) is 26.2 Å². The van der Waals surface area contributed by atoms with Crippen LogP contribution in [0.3, 0.4) is 0 Å². The van der Waals surface area contributed by atoms with Gasteiger partial charge in [0.05, 0.1) is 6.61 Å². The van der Waals surface area contributed by atoms with Crippen LogP contribution in [0.4, 0.5) is 5.69 Å². The van der Waals surface area contributed by atoms with Gasteiger partial charge in [-0.05, 0) is 43.5 Å². The Morgan fingerprint density at radius 3 is 2.25 bits per heavy atom. The van der Waals surface area contributed by atoms with Gasteiger partial charge in [-0.15, -0.1) is 0 Å². The minimum atomic E-state index is 0.811. The molecule has 16 heavy (non-hydrogen) atoms. The molecule has 0 aliphatic rings. The van der Waals surface area contributed by atoms with Crippen molar-refractivity contribution in [3.05, 3.63) is 23.3 Å². The van der Waals surface area contributed by atoms with E-state index in [2.05, 4.69) is 6.92 Å². The molecule has 0 aliphatic heterocycles. The third-order valence-electron chi connectivity index (χ3n) is 2.73. The molecule has 0 bridgehead atoms.